The first-order valence-electron chi connectivity index (χ1n) is 8.11. The van der Waals surface area contributed by atoms with E-state index in [1.165, 1.54) is 5.56 Å². The molecular weight excluding hydrogens is 308 g/mol. The van der Waals surface area contributed by atoms with Gasteiger partial charge in [0.1, 0.15) is 11.4 Å². The highest BCUT2D eigenvalue weighted by atomic mass is 32.1. The molecule has 2 aliphatic heterocycles. The van der Waals surface area contributed by atoms with Crippen LogP contribution in [-0.2, 0) is 6.42 Å². The Morgan fingerprint density at radius 2 is 1.96 bits per heavy atom. The van der Waals surface area contributed by atoms with Crippen molar-refractivity contribution in [1.29, 1.82) is 0 Å². The van der Waals surface area contributed by atoms with E-state index in [4.69, 9.17) is 4.74 Å². The zero-order valence-corrected chi connectivity index (χ0v) is 13.8. The Bertz CT molecular complexity index is 691. The highest BCUT2D eigenvalue weighted by Gasteiger charge is 2.40. The van der Waals surface area contributed by atoms with Gasteiger partial charge in [0.25, 0.3) is 0 Å². The fourth-order valence-corrected chi connectivity index (χ4v) is 4.07. The van der Waals surface area contributed by atoms with Crippen LogP contribution >= 0.6 is 11.3 Å². The van der Waals surface area contributed by atoms with Crippen molar-refractivity contribution in [2.75, 3.05) is 18.4 Å². The number of hydrogen-bond donors (Lipinski definition) is 1. The second kappa shape index (κ2) is 5.89. The SMILES string of the molecule is O=C(Nc1cccs1)N1CCC2(CCc3ccccc3O2)CC1. The molecule has 1 N–H and O–H groups in total. The number of amides is 2. The van der Waals surface area contributed by atoms with Crippen molar-refractivity contribution >= 4 is 22.4 Å². The van der Waals surface area contributed by atoms with E-state index in [2.05, 4.69) is 23.5 Å². The third kappa shape index (κ3) is 2.93. The van der Waals surface area contributed by atoms with E-state index in [-0.39, 0.29) is 11.6 Å². The van der Waals surface area contributed by atoms with Gasteiger partial charge in [0, 0.05) is 25.9 Å². The lowest BCUT2D eigenvalue weighted by atomic mass is 9.83. The summed E-state index contributed by atoms with van der Waals surface area (Å²) in [5, 5.41) is 5.83. The summed E-state index contributed by atoms with van der Waals surface area (Å²) in [6, 6.07) is 12.2. The number of benzene rings is 1. The topological polar surface area (TPSA) is 41.6 Å². The normalized spacial score (nSPS) is 19.0. The molecule has 0 unspecified atom stereocenters. The molecule has 23 heavy (non-hydrogen) atoms. The van der Waals surface area contributed by atoms with E-state index < -0.39 is 0 Å². The molecule has 1 saturated heterocycles. The largest absolute Gasteiger partial charge is 0.487 e. The Morgan fingerprint density at radius 1 is 1.13 bits per heavy atom. The highest BCUT2D eigenvalue weighted by molar-refractivity contribution is 7.14. The summed E-state index contributed by atoms with van der Waals surface area (Å²) >= 11 is 1.55. The molecule has 0 saturated carbocycles. The number of para-hydroxylation sites is 1. The van der Waals surface area contributed by atoms with Gasteiger partial charge in [0.05, 0.1) is 5.00 Å². The first-order chi connectivity index (χ1) is 11.2. The fraction of sp³-hybridized carbons (Fsp3) is 0.389. The Labute approximate surface area is 140 Å². The van der Waals surface area contributed by atoms with Crippen LogP contribution in [-0.4, -0.2) is 29.6 Å². The third-order valence-electron chi connectivity index (χ3n) is 4.86. The molecule has 4 rings (SSSR count). The zero-order chi connectivity index (χ0) is 15.7. The van der Waals surface area contributed by atoms with Crippen LogP contribution in [0.4, 0.5) is 9.80 Å². The minimum absolute atomic E-state index is 0.00138. The van der Waals surface area contributed by atoms with Gasteiger partial charge in [0.15, 0.2) is 0 Å². The number of anilines is 1. The summed E-state index contributed by atoms with van der Waals surface area (Å²) in [6.07, 6.45) is 3.92. The smallest absolute Gasteiger partial charge is 0.322 e. The number of ether oxygens (including phenoxy) is 1. The maximum Gasteiger partial charge on any atom is 0.322 e. The standard InChI is InChI=1S/C18H20N2O2S/c21-17(19-16-6-3-13-23-16)20-11-9-18(10-12-20)8-7-14-4-1-2-5-15(14)22-18/h1-6,13H,7-12H2,(H,19,21). The van der Waals surface area contributed by atoms with Crippen molar-refractivity contribution in [3.05, 3.63) is 47.3 Å². The van der Waals surface area contributed by atoms with Crippen LogP contribution in [0.25, 0.3) is 0 Å². The van der Waals surface area contributed by atoms with Crippen LogP contribution < -0.4 is 10.1 Å². The number of nitrogens with zero attached hydrogens (tertiary/aromatic N) is 1. The van der Waals surface area contributed by atoms with Crippen LogP contribution in [0.15, 0.2) is 41.8 Å². The van der Waals surface area contributed by atoms with Crippen LogP contribution in [0.1, 0.15) is 24.8 Å². The average molecular weight is 328 g/mol. The monoisotopic (exact) mass is 328 g/mol. The molecule has 1 aromatic heterocycles. The molecule has 0 atom stereocenters. The lowest BCUT2D eigenvalue weighted by Gasteiger charge is -2.44. The minimum Gasteiger partial charge on any atom is -0.487 e. The van der Waals surface area contributed by atoms with E-state index in [0.717, 1.165) is 49.5 Å². The van der Waals surface area contributed by atoms with Crippen LogP contribution in [0.3, 0.4) is 0 Å². The maximum atomic E-state index is 12.3. The molecule has 0 bridgehead atoms. The number of fused-ring (bicyclic) bond motifs is 1. The van der Waals surface area contributed by atoms with Crippen LogP contribution in [0.5, 0.6) is 5.75 Å². The van der Waals surface area contributed by atoms with Gasteiger partial charge < -0.3 is 9.64 Å². The molecule has 1 aromatic carbocycles. The third-order valence-corrected chi connectivity index (χ3v) is 5.65. The van der Waals surface area contributed by atoms with Gasteiger partial charge in [-0.2, -0.15) is 0 Å². The number of thiophene rings is 1. The van der Waals surface area contributed by atoms with Crippen molar-refractivity contribution < 1.29 is 9.53 Å². The summed E-state index contributed by atoms with van der Waals surface area (Å²) < 4.78 is 6.34. The van der Waals surface area contributed by atoms with E-state index in [9.17, 15) is 4.79 Å². The summed E-state index contributed by atoms with van der Waals surface area (Å²) in [6.45, 7) is 1.50. The molecule has 4 nitrogen and oxygen atoms in total. The van der Waals surface area contributed by atoms with Gasteiger partial charge in [-0.1, -0.05) is 18.2 Å². The second-order valence-corrected chi connectivity index (χ2v) is 7.23. The van der Waals surface area contributed by atoms with Gasteiger partial charge in [-0.3, -0.25) is 5.32 Å². The fourth-order valence-electron chi connectivity index (χ4n) is 3.46. The number of carbonyl (C=O) groups is 1. The number of likely N-dealkylation sites (tertiary alicyclic amines) is 1. The van der Waals surface area contributed by atoms with Crippen molar-refractivity contribution in [2.45, 2.75) is 31.3 Å². The molecule has 120 valence electrons. The summed E-state index contributed by atoms with van der Waals surface area (Å²) in [7, 11) is 0. The number of aryl methyl sites for hydroxylation is 1. The van der Waals surface area contributed by atoms with Crippen LogP contribution in [0, 0.1) is 0 Å². The van der Waals surface area contributed by atoms with Crippen molar-refractivity contribution in [2.24, 2.45) is 0 Å². The maximum absolute atomic E-state index is 12.3. The van der Waals surface area contributed by atoms with Crippen LogP contribution in [0.2, 0.25) is 0 Å². The molecular formula is C18H20N2O2S. The molecule has 2 amide bonds. The van der Waals surface area contributed by atoms with Crippen molar-refractivity contribution in [3.63, 3.8) is 0 Å². The first kappa shape index (κ1) is 14.6. The number of nitrogens with one attached hydrogen (secondary N) is 1. The minimum atomic E-state index is -0.0892. The highest BCUT2D eigenvalue weighted by Crippen LogP contribution is 2.39. The Kier molecular flexibility index (Phi) is 3.73. The second-order valence-electron chi connectivity index (χ2n) is 6.29. The Balaban J connectivity index is 1.39. The molecule has 1 fully saturated rings. The molecule has 0 aliphatic carbocycles. The number of urea groups is 1. The Hall–Kier alpha value is -2.01. The van der Waals surface area contributed by atoms with Gasteiger partial charge in [-0.15, -0.1) is 11.3 Å². The van der Waals surface area contributed by atoms with Crippen molar-refractivity contribution in [1.82, 2.24) is 4.90 Å². The van der Waals surface area contributed by atoms with E-state index in [1.54, 1.807) is 11.3 Å². The Morgan fingerprint density at radius 3 is 2.74 bits per heavy atom. The number of rotatable bonds is 1. The van der Waals surface area contributed by atoms with E-state index >= 15 is 0 Å². The molecule has 2 aliphatic rings. The molecule has 1 spiro atoms. The molecule has 0 radical (unpaired) electrons. The zero-order valence-electron chi connectivity index (χ0n) is 13.0. The predicted octanol–water partition coefficient (Wildman–Crippen LogP) is 4.14. The summed E-state index contributed by atoms with van der Waals surface area (Å²) in [5.74, 6) is 1.02. The van der Waals surface area contributed by atoms with Gasteiger partial charge >= 0.3 is 6.03 Å². The molecule has 2 aromatic rings. The quantitative estimate of drug-likeness (QED) is 0.855. The summed E-state index contributed by atoms with van der Waals surface area (Å²) in [5.41, 5.74) is 1.21. The number of carbonyl (C=O) groups excluding carboxylic acids is 1. The van der Waals surface area contributed by atoms with Gasteiger partial charge in [0.2, 0.25) is 0 Å². The van der Waals surface area contributed by atoms with Crippen molar-refractivity contribution in [3.8, 4) is 5.75 Å². The molecule has 5 heteroatoms. The number of piperidine rings is 1. The summed E-state index contributed by atoms with van der Waals surface area (Å²) in [4.78, 5) is 14.2. The van der Waals surface area contributed by atoms with E-state index in [0.29, 0.717) is 0 Å². The van der Waals surface area contributed by atoms with Gasteiger partial charge in [-0.05, 0) is 42.0 Å². The lowest BCUT2D eigenvalue weighted by Crippen LogP contribution is -2.52. The van der Waals surface area contributed by atoms with Gasteiger partial charge in [-0.25, -0.2) is 4.79 Å². The lowest BCUT2D eigenvalue weighted by molar-refractivity contribution is -0.00434. The molecule has 3 heterocycles. The first-order valence-corrected chi connectivity index (χ1v) is 8.98. The number of hydrogen-bond acceptors (Lipinski definition) is 3. The predicted molar refractivity (Wildman–Crippen MR) is 92.3 cm³/mol. The average Bonchev–Trinajstić information content (AvgIpc) is 3.08. The van der Waals surface area contributed by atoms with E-state index in [1.807, 2.05) is 28.5 Å².